The van der Waals surface area contributed by atoms with Crippen LogP contribution in [0.2, 0.25) is 0 Å². The number of carboxylic acids is 1. The first-order valence-corrected chi connectivity index (χ1v) is 9.43. The molecule has 1 fully saturated rings. The first kappa shape index (κ1) is 18.3. The van der Waals surface area contributed by atoms with Crippen molar-refractivity contribution in [3.8, 4) is 5.75 Å². The molecular formula is C23H22O5. The van der Waals surface area contributed by atoms with Crippen LogP contribution in [0.4, 0.5) is 0 Å². The Labute approximate surface area is 162 Å². The van der Waals surface area contributed by atoms with Crippen LogP contribution in [0.5, 0.6) is 5.75 Å². The van der Waals surface area contributed by atoms with Crippen LogP contribution in [0, 0.1) is 13.8 Å². The third kappa shape index (κ3) is 3.52. The van der Waals surface area contributed by atoms with Gasteiger partial charge in [0, 0.05) is 10.9 Å². The highest BCUT2D eigenvalue weighted by Gasteiger charge is 2.23. The molecule has 2 aromatic carbocycles. The van der Waals surface area contributed by atoms with Crippen molar-refractivity contribution in [1.82, 2.24) is 0 Å². The highest BCUT2D eigenvalue weighted by atomic mass is 16.5. The molecule has 3 aromatic rings. The molecule has 1 aliphatic carbocycles. The van der Waals surface area contributed by atoms with Crippen LogP contribution in [-0.4, -0.2) is 11.1 Å². The lowest BCUT2D eigenvalue weighted by Crippen LogP contribution is -2.15. The van der Waals surface area contributed by atoms with Crippen LogP contribution < -0.4 is 10.4 Å². The normalized spacial score (nSPS) is 13.6. The lowest BCUT2D eigenvalue weighted by molar-refractivity contribution is -0.136. The van der Waals surface area contributed by atoms with Gasteiger partial charge in [0.25, 0.3) is 0 Å². The van der Waals surface area contributed by atoms with Crippen LogP contribution in [0.1, 0.15) is 46.6 Å². The van der Waals surface area contributed by atoms with E-state index in [4.69, 9.17) is 14.3 Å². The van der Waals surface area contributed by atoms with Crippen molar-refractivity contribution in [3.63, 3.8) is 0 Å². The minimum absolute atomic E-state index is 0.185. The Morgan fingerprint density at radius 2 is 1.96 bits per heavy atom. The van der Waals surface area contributed by atoms with Crippen molar-refractivity contribution in [2.75, 3.05) is 0 Å². The molecule has 1 aromatic heterocycles. The second-order valence-electron chi connectivity index (χ2n) is 7.44. The number of hydrogen-bond acceptors (Lipinski definition) is 4. The van der Waals surface area contributed by atoms with Gasteiger partial charge in [0.2, 0.25) is 0 Å². The van der Waals surface area contributed by atoms with Gasteiger partial charge in [0.15, 0.2) is 0 Å². The van der Waals surface area contributed by atoms with E-state index in [0.717, 1.165) is 16.5 Å². The van der Waals surface area contributed by atoms with Gasteiger partial charge in [-0.2, -0.15) is 0 Å². The third-order valence-corrected chi connectivity index (χ3v) is 5.38. The fourth-order valence-electron chi connectivity index (χ4n) is 3.60. The molecule has 0 saturated heterocycles. The monoisotopic (exact) mass is 378 g/mol. The summed E-state index contributed by atoms with van der Waals surface area (Å²) >= 11 is 0. The molecule has 0 spiro atoms. The van der Waals surface area contributed by atoms with E-state index in [1.165, 1.54) is 18.4 Å². The Hall–Kier alpha value is -3.08. The molecule has 1 saturated carbocycles. The van der Waals surface area contributed by atoms with Gasteiger partial charge in [-0.15, -0.1) is 0 Å². The number of hydrogen-bond donors (Lipinski definition) is 1. The summed E-state index contributed by atoms with van der Waals surface area (Å²) in [6.45, 7) is 4.03. The summed E-state index contributed by atoms with van der Waals surface area (Å²) in [6, 6.07) is 12.1. The zero-order valence-electron chi connectivity index (χ0n) is 16.0. The summed E-state index contributed by atoms with van der Waals surface area (Å²) in [4.78, 5) is 23.3. The average molecular weight is 378 g/mol. The van der Waals surface area contributed by atoms with Crippen LogP contribution in [-0.2, 0) is 17.8 Å². The molecule has 5 heteroatoms. The van der Waals surface area contributed by atoms with Gasteiger partial charge in [-0.1, -0.05) is 24.3 Å². The highest BCUT2D eigenvalue weighted by molar-refractivity contribution is 5.86. The van der Waals surface area contributed by atoms with E-state index in [1.807, 2.05) is 25.1 Å². The van der Waals surface area contributed by atoms with E-state index in [1.54, 1.807) is 6.92 Å². The smallest absolute Gasteiger partial charge is 0.340 e. The van der Waals surface area contributed by atoms with Gasteiger partial charge in [-0.3, -0.25) is 4.79 Å². The third-order valence-electron chi connectivity index (χ3n) is 5.38. The van der Waals surface area contributed by atoms with Crippen molar-refractivity contribution in [1.29, 1.82) is 0 Å². The Kier molecular flexibility index (Phi) is 4.67. The van der Waals surface area contributed by atoms with Crippen LogP contribution in [0.25, 0.3) is 11.0 Å². The fourth-order valence-corrected chi connectivity index (χ4v) is 3.60. The molecule has 144 valence electrons. The number of benzene rings is 2. The first-order valence-electron chi connectivity index (χ1n) is 9.43. The van der Waals surface area contributed by atoms with Crippen molar-refractivity contribution in [2.45, 2.75) is 45.6 Å². The summed E-state index contributed by atoms with van der Waals surface area (Å²) in [5.74, 6) is 0.289. The SMILES string of the molecule is Cc1c(CC(=O)O)c(=O)oc2c(C)c(OCc3cccc(C4CC4)c3)ccc12. The maximum absolute atomic E-state index is 12.3. The zero-order valence-corrected chi connectivity index (χ0v) is 16.0. The molecule has 0 atom stereocenters. The molecule has 1 aliphatic rings. The van der Waals surface area contributed by atoms with Gasteiger partial charge >= 0.3 is 11.6 Å². The van der Waals surface area contributed by atoms with Crippen LogP contribution in [0.15, 0.2) is 45.6 Å². The number of aliphatic carboxylic acids is 1. The van der Waals surface area contributed by atoms with E-state index in [2.05, 4.69) is 18.2 Å². The molecule has 5 nitrogen and oxygen atoms in total. The Morgan fingerprint density at radius 3 is 2.68 bits per heavy atom. The molecule has 4 rings (SSSR count). The average Bonchev–Trinajstić information content (AvgIpc) is 3.50. The van der Waals surface area contributed by atoms with Gasteiger partial charge in [-0.25, -0.2) is 4.79 Å². The summed E-state index contributed by atoms with van der Waals surface area (Å²) in [6.07, 6.45) is 2.17. The van der Waals surface area contributed by atoms with E-state index < -0.39 is 11.6 Å². The number of aryl methyl sites for hydroxylation is 2. The summed E-state index contributed by atoms with van der Waals surface area (Å²) in [5.41, 5.74) is 3.87. The van der Waals surface area contributed by atoms with Gasteiger partial charge in [-0.05, 0) is 61.4 Å². The van der Waals surface area contributed by atoms with Gasteiger partial charge in [0.05, 0.1) is 12.0 Å². The molecule has 1 N–H and O–H groups in total. The largest absolute Gasteiger partial charge is 0.488 e. The summed E-state index contributed by atoms with van der Waals surface area (Å²) < 4.78 is 11.5. The Balaban J connectivity index is 1.63. The number of rotatable bonds is 6. The predicted octanol–water partition coefficient (Wildman–Crippen LogP) is 4.49. The van der Waals surface area contributed by atoms with E-state index >= 15 is 0 Å². The molecule has 1 heterocycles. The van der Waals surface area contributed by atoms with Crippen molar-refractivity contribution in [3.05, 3.63) is 74.6 Å². The molecular weight excluding hydrogens is 356 g/mol. The van der Waals surface area contributed by atoms with Crippen molar-refractivity contribution in [2.24, 2.45) is 0 Å². The molecule has 0 bridgehead atoms. The maximum Gasteiger partial charge on any atom is 0.340 e. The lowest BCUT2D eigenvalue weighted by atomic mass is 10.0. The molecule has 0 unspecified atom stereocenters. The first-order chi connectivity index (χ1) is 13.4. The standard InChI is InChI=1S/C23H22O5/c1-13-18-8-9-20(14(2)22(18)28-23(26)19(13)11-21(24)25)27-12-15-4-3-5-17(10-15)16-6-7-16/h3-5,8-10,16H,6-7,11-12H2,1-2H3,(H,24,25). The fraction of sp³-hybridized carbons (Fsp3) is 0.304. The maximum atomic E-state index is 12.3. The molecule has 0 radical (unpaired) electrons. The van der Waals surface area contributed by atoms with E-state index in [0.29, 0.717) is 29.4 Å². The van der Waals surface area contributed by atoms with Gasteiger partial charge in [0.1, 0.15) is 17.9 Å². The Morgan fingerprint density at radius 1 is 1.18 bits per heavy atom. The quantitative estimate of drug-likeness (QED) is 0.640. The van der Waals surface area contributed by atoms with Crippen molar-refractivity contribution < 1.29 is 19.1 Å². The minimum atomic E-state index is -1.06. The van der Waals surface area contributed by atoms with Gasteiger partial charge < -0.3 is 14.3 Å². The molecule has 0 amide bonds. The molecule has 0 aliphatic heterocycles. The number of fused-ring (bicyclic) bond motifs is 1. The Bertz CT molecular complexity index is 1120. The van der Waals surface area contributed by atoms with E-state index in [9.17, 15) is 9.59 Å². The predicted molar refractivity (Wildman–Crippen MR) is 106 cm³/mol. The second-order valence-corrected chi connectivity index (χ2v) is 7.44. The minimum Gasteiger partial charge on any atom is -0.488 e. The number of carboxylic acid groups (broad SMARTS) is 1. The van der Waals surface area contributed by atoms with Crippen LogP contribution >= 0.6 is 0 Å². The molecule has 28 heavy (non-hydrogen) atoms. The number of carbonyl (C=O) groups is 1. The highest BCUT2D eigenvalue weighted by Crippen LogP contribution is 2.40. The zero-order chi connectivity index (χ0) is 19.8. The van der Waals surface area contributed by atoms with Crippen LogP contribution in [0.3, 0.4) is 0 Å². The number of ether oxygens (including phenoxy) is 1. The second kappa shape index (κ2) is 7.15. The topological polar surface area (TPSA) is 76.7 Å². The lowest BCUT2D eigenvalue weighted by Gasteiger charge is -2.13. The summed E-state index contributed by atoms with van der Waals surface area (Å²) in [7, 11) is 0. The van der Waals surface area contributed by atoms with E-state index in [-0.39, 0.29) is 12.0 Å². The summed E-state index contributed by atoms with van der Waals surface area (Å²) in [5, 5.41) is 9.75. The van der Waals surface area contributed by atoms with Crippen molar-refractivity contribution >= 4 is 16.9 Å².